The Bertz CT molecular complexity index is 471. The molecule has 0 aliphatic carbocycles. The van der Waals surface area contributed by atoms with E-state index in [0.717, 1.165) is 36.7 Å². The van der Waals surface area contributed by atoms with Crippen molar-refractivity contribution in [2.75, 3.05) is 25.0 Å². The molecule has 5 nitrogen and oxygen atoms in total. The molecule has 2 aromatic heterocycles. The van der Waals surface area contributed by atoms with E-state index in [0.29, 0.717) is 5.92 Å². The lowest BCUT2D eigenvalue weighted by Gasteiger charge is -2.09. The van der Waals surface area contributed by atoms with Crippen LogP contribution in [0, 0.1) is 5.92 Å². The van der Waals surface area contributed by atoms with Crippen LogP contribution in [0.1, 0.15) is 6.42 Å². The van der Waals surface area contributed by atoms with Gasteiger partial charge in [-0.2, -0.15) is 0 Å². The summed E-state index contributed by atoms with van der Waals surface area (Å²) in [6.07, 6.45) is 5.04. The van der Waals surface area contributed by atoms with Crippen molar-refractivity contribution >= 4 is 5.82 Å². The van der Waals surface area contributed by atoms with Gasteiger partial charge in [0.25, 0.3) is 0 Å². The highest BCUT2D eigenvalue weighted by Crippen LogP contribution is 2.16. The van der Waals surface area contributed by atoms with Gasteiger partial charge in [-0.25, -0.2) is 0 Å². The summed E-state index contributed by atoms with van der Waals surface area (Å²) in [6.45, 7) is 3.19. The van der Waals surface area contributed by atoms with Gasteiger partial charge in [0.05, 0.1) is 5.69 Å². The third kappa shape index (κ3) is 2.51. The maximum atomic E-state index is 4.22. The molecule has 1 unspecified atom stereocenters. The molecule has 0 bridgehead atoms. The van der Waals surface area contributed by atoms with Gasteiger partial charge in [-0.1, -0.05) is 0 Å². The van der Waals surface area contributed by atoms with Crippen LogP contribution in [0.15, 0.2) is 30.6 Å². The molecule has 0 saturated carbocycles. The van der Waals surface area contributed by atoms with E-state index in [1.165, 1.54) is 6.42 Å². The second-order valence-corrected chi connectivity index (χ2v) is 4.64. The molecule has 5 heteroatoms. The molecule has 0 aromatic carbocycles. The third-order valence-corrected chi connectivity index (χ3v) is 3.29. The lowest BCUT2D eigenvalue weighted by molar-refractivity contribution is 0.613. The van der Waals surface area contributed by atoms with Crippen LogP contribution in [0.4, 0.5) is 5.82 Å². The van der Waals surface area contributed by atoms with Crippen molar-refractivity contribution in [3.63, 3.8) is 0 Å². The summed E-state index contributed by atoms with van der Waals surface area (Å²) >= 11 is 0. The topological polar surface area (TPSA) is 65.6 Å². The lowest BCUT2D eigenvalue weighted by Crippen LogP contribution is -2.17. The van der Waals surface area contributed by atoms with Crippen LogP contribution in [0.3, 0.4) is 0 Å². The van der Waals surface area contributed by atoms with E-state index in [4.69, 9.17) is 0 Å². The molecule has 1 atom stereocenters. The highest BCUT2D eigenvalue weighted by Gasteiger charge is 2.13. The van der Waals surface area contributed by atoms with E-state index in [1.807, 2.05) is 30.6 Å². The fourth-order valence-electron chi connectivity index (χ4n) is 2.20. The molecule has 3 heterocycles. The molecule has 18 heavy (non-hydrogen) atoms. The summed E-state index contributed by atoms with van der Waals surface area (Å²) in [5.74, 6) is 1.55. The van der Waals surface area contributed by atoms with Crippen LogP contribution in [-0.4, -0.2) is 34.8 Å². The van der Waals surface area contributed by atoms with Crippen molar-refractivity contribution in [3.05, 3.63) is 30.6 Å². The number of aromatic nitrogens is 3. The Labute approximate surface area is 106 Å². The largest absolute Gasteiger partial charge is 0.368 e. The molecule has 3 N–H and O–H groups in total. The minimum absolute atomic E-state index is 0.705. The van der Waals surface area contributed by atoms with Crippen LogP contribution >= 0.6 is 0 Å². The molecule has 0 spiro atoms. The number of aromatic amines is 1. The van der Waals surface area contributed by atoms with Crippen molar-refractivity contribution < 1.29 is 0 Å². The van der Waals surface area contributed by atoms with E-state index in [-0.39, 0.29) is 0 Å². The summed E-state index contributed by atoms with van der Waals surface area (Å²) in [6, 6.07) is 5.96. The van der Waals surface area contributed by atoms with Gasteiger partial charge in [-0.15, -0.1) is 10.2 Å². The molecule has 0 amide bonds. The first-order valence-electron chi connectivity index (χ1n) is 6.33. The second-order valence-electron chi connectivity index (χ2n) is 4.64. The van der Waals surface area contributed by atoms with Crippen molar-refractivity contribution in [3.8, 4) is 11.3 Å². The van der Waals surface area contributed by atoms with E-state index in [2.05, 4.69) is 25.8 Å². The van der Waals surface area contributed by atoms with Gasteiger partial charge in [-0.05, 0) is 43.6 Å². The predicted octanol–water partition coefficient (Wildman–Crippen LogP) is 1.49. The van der Waals surface area contributed by atoms with Crippen LogP contribution in [0.25, 0.3) is 11.3 Å². The zero-order valence-electron chi connectivity index (χ0n) is 10.2. The quantitative estimate of drug-likeness (QED) is 0.761. The van der Waals surface area contributed by atoms with E-state index in [9.17, 15) is 0 Å². The lowest BCUT2D eigenvalue weighted by atomic mass is 10.1. The Kier molecular flexibility index (Phi) is 3.23. The Morgan fingerprint density at radius 1 is 1.28 bits per heavy atom. The average molecular weight is 243 g/mol. The van der Waals surface area contributed by atoms with Crippen LogP contribution in [-0.2, 0) is 0 Å². The summed E-state index contributed by atoms with van der Waals surface area (Å²) < 4.78 is 0. The first-order chi connectivity index (χ1) is 8.92. The van der Waals surface area contributed by atoms with Crippen molar-refractivity contribution in [2.45, 2.75) is 6.42 Å². The molecule has 1 fully saturated rings. The van der Waals surface area contributed by atoms with E-state index < -0.39 is 0 Å². The van der Waals surface area contributed by atoms with Crippen LogP contribution < -0.4 is 10.6 Å². The fourth-order valence-corrected chi connectivity index (χ4v) is 2.20. The molecule has 0 radical (unpaired) electrons. The van der Waals surface area contributed by atoms with Crippen molar-refractivity contribution in [1.29, 1.82) is 0 Å². The normalized spacial score (nSPS) is 19.0. The smallest absolute Gasteiger partial charge is 0.148 e. The predicted molar refractivity (Wildman–Crippen MR) is 71.3 cm³/mol. The number of H-pyrrole nitrogens is 1. The first kappa shape index (κ1) is 11.2. The Morgan fingerprint density at radius 2 is 2.28 bits per heavy atom. The van der Waals surface area contributed by atoms with E-state index in [1.54, 1.807) is 0 Å². The molecular formula is C13H17N5. The number of anilines is 1. The van der Waals surface area contributed by atoms with Gasteiger partial charge < -0.3 is 15.6 Å². The maximum absolute atomic E-state index is 4.22. The van der Waals surface area contributed by atoms with Crippen molar-refractivity contribution in [1.82, 2.24) is 20.5 Å². The number of nitrogens with one attached hydrogen (secondary N) is 3. The highest BCUT2D eigenvalue weighted by molar-refractivity contribution is 5.58. The number of rotatable bonds is 4. The minimum Gasteiger partial charge on any atom is -0.368 e. The zero-order chi connectivity index (χ0) is 12.2. The standard InChI is InChI=1S/C13H17N5/c1-2-13(16-8-10-3-5-14-7-10)18-17-12(1)11-4-6-15-9-11/h1-2,4,6,9-10,14-15H,3,5,7-8H2,(H,16,18). The summed E-state index contributed by atoms with van der Waals surface area (Å²) in [5, 5.41) is 15.1. The van der Waals surface area contributed by atoms with Gasteiger partial charge >= 0.3 is 0 Å². The Morgan fingerprint density at radius 3 is 2.94 bits per heavy atom. The SMILES string of the molecule is c1cc(-c2ccc(NCC3CCNC3)nn2)c[nH]1. The summed E-state index contributed by atoms with van der Waals surface area (Å²) in [4.78, 5) is 3.01. The summed E-state index contributed by atoms with van der Waals surface area (Å²) in [7, 11) is 0. The van der Waals surface area contributed by atoms with Gasteiger partial charge in [0, 0.05) is 24.5 Å². The molecule has 1 saturated heterocycles. The third-order valence-electron chi connectivity index (χ3n) is 3.29. The van der Waals surface area contributed by atoms with Crippen LogP contribution in [0.5, 0.6) is 0 Å². The average Bonchev–Trinajstić information content (AvgIpc) is 3.10. The number of hydrogen-bond acceptors (Lipinski definition) is 4. The van der Waals surface area contributed by atoms with Crippen molar-refractivity contribution in [2.24, 2.45) is 5.92 Å². The fraction of sp³-hybridized carbons (Fsp3) is 0.385. The summed E-state index contributed by atoms with van der Waals surface area (Å²) in [5.41, 5.74) is 1.96. The molecule has 3 rings (SSSR count). The van der Waals surface area contributed by atoms with Gasteiger partial charge in [0.15, 0.2) is 0 Å². The Balaban J connectivity index is 1.60. The van der Waals surface area contributed by atoms with E-state index >= 15 is 0 Å². The molecular weight excluding hydrogens is 226 g/mol. The molecule has 1 aliphatic heterocycles. The highest BCUT2D eigenvalue weighted by atomic mass is 15.2. The van der Waals surface area contributed by atoms with Gasteiger partial charge in [-0.3, -0.25) is 0 Å². The number of hydrogen-bond donors (Lipinski definition) is 3. The molecule has 1 aliphatic rings. The monoisotopic (exact) mass is 243 g/mol. The van der Waals surface area contributed by atoms with Gasteiger partial charge in [0.1, 0.15) is 5.82 Å². The van der Waals surface area contributed by atoms with Gasteiger partial charge in [0.2, 0.25) is 0 Å². The van der Waals surface area contributed by atoms with Crippen LogP contribution in [0.2, 0.25) is 0 Å². The first-order valence-corrected chi connectivity index (χ1v) is 6.33. The molecule has 94 valence electrons. The zero-order valence-corrected chi connectivity index (χ0v) is 10.2. The molecule has 2 aromatic rings. The number of nitrogens with zero attached hydrogens (tertiary/aromatic N) is 2. The Hall–Kier alpha value is -1.88. The second kappa shape index (κ2) is 5.18. The maximum Gasteiger partial charge on any atom is 0.148 e. The minimum atomic E-state index is 0.705.